The second-order valence-corrected chi connectivity index (χ2v) is 15.7. The molecule has 4 heterocycles. The molecule has 0 fully saturated rings. The van der Waals surface area contributed by atoms with E-state index in [0.29, 0.717) is 0 Å². The van der Waals surface area contributed by atoms with Crippen molar-refractivity contribution in [2.75, 3.05) is 0 Å². The summed E-state index contributed by atoms with van der Waals surface area (Å²) in [7, 11) is 0. The Balaban J connectivity index is 1.15. The van der Waals surface area contributed by atoms with Crippen molar-refractivity contribution >= 4 is 87.0 Å². The molecule has 0 radical (unpaired) electrons. The van der Waals surface area contributed by atoms with E-state index in [0.717, 1.165) is 99.4 Å². The first kappa shape index (κ1) is 32.9. The lowest BCUT2D eigenvalue weighted by Crippen LogP contribution is -1.92. The van der Waals surface area contributed by atoms with Crippen LogP contribution in [0.2, 0.25) is 0 Å². The standard InChI is InChI=1S/C56H32N2O2/c1-5-14-41-33(10-1)20-22-49-51(41)53-43-16-7-3-12-36(43)31-45(55(53)59-49)38-28-39(30-40(29-38)48-19-9-18-47(58-48)35-24-26-57-27-25-35)46-32-37-13-4-8-17-44(37)54-52-42-15-6-2-11-34(42)21-23-50(52)60-56(46)54/h1-32H. The quantitative estimate of drug-likeness (QED) is 0.179. The third-order valence-corrected chi connectivity index (χ3v) is 12.3. The van der Waals surface area contributed by atoms with Crippen LogP contribution in [0.15, 0.2) is 203 Å². The van der Waals surface area contributed by atoms with Gasteiger partial charge < -0.3 is 8.83 Å². The van der Waals surface area contributed by atoms with Gasteiger partial charge in [0, 0.05) is 56.2 Å². The third kappa shape index (κ3) is 4.91. The molecule has 0 aliphatic rings. The van der Waals surface area contributed by atoms with Gasteiger partial charge in [-0.2, -0.15) is 0 Å². The van der Waals surface area contributed by atoms with Crippen molar-refractivity contribution in [1.29, 1.82) is 0 Å². The largest absolute Gasteiger partial charge is 0.455 e. The second-order valence-electron chi connectivity index (χ2n) is 15.7. The number of furan rings is 2. The zero-order valence-corrected chi connectivity index (χ0v) is 32.2. The van der Waals surface area contributed by atoms with E-state index < -0.39 is 0 Å². The van der Waals surface area contributed by atoms with Crippen LogP contribution >= 0.6 is 0 Å². The van der Waals surface area contributed by atoms with E-state index in [1.54, 1.807) is 0 Å². The van der Waals surface area contributed by atoms with Crippen LogP contribution in [0.5, 0.6) is 0 Å². The van der Waals surface area contributed by atoms with Crippen molar-refractivity contribution in [3.05, 3.63) is 194 Å². The van der Waals surface area contributed by atoms with E-state index in [1.165, 1.54) is 32.3 Å². The summed E-state index contributed by atoms with van der Waals surface area (Å²) in [6.45, 7) is 0. The third-order valence-electron chi connectivity index (χ3n) is 12.3. The number of hydrogen-bond donors (Lipinski definition) is 0. The second kappa shape index (κ2) is 12.7. The molecule has 0 unspecified atom stereocenters. The Morgan fingerprint density at radius 2 is 0.750 bits per heavy atom. The highest BCUT2D eigenvalue weighted by molar-refractivity contribution is 6.30. The first-order valence-electron chi connectivity index (χ1n) is 20.3. The molecule has 0 bridgehead atoms. The topological polar surface area (TPSA) is 52.1 Å². The number of aromatic nitrogens is 2. The normalized spacial score (nSPS) is 12.0. The molecule has 9 aromatic carbocycles. The van der Waals surface area contributed by atoms with Crippen LogP contribution in [0.25, 0.3) is 132 Å². The van der Waals surface area contributed by atoms with E-state index in [-0.39, 0.29) is 0 Å². The molecule has 4 heteroatoms. The van der Waals surface area contributed by atoms with Crippen LogP contribution in [0.1, 0.15) is 0 Å². The summed E-state index contributed by atoms with van der Waals surface area (Å²) in [6.07, 6.45) is 3.62. The Bertz CT molecular complexity index is 3680. The van der Waals surface area contributed by atoms with Crippen LogP contribution in [0, 0.1) is 0 Å². The smallest absolute Gasteiger partial charge is 0.143 e. The maximum Gasteiger partial charge on any atom is 0.143 e. The summed E-state index contributed by atoms with van der Waals surface area (Å²) in [4.78, 5) is 9.52. The van der Waals surface area contributed by atoms with Crippen molar-refractivity contribution < 1.29 is 8.83 Å². The predicted octanol–water partition coefficient (Wildman–Crippen LogP) is 15.6. The highest BCUT2D eigenvalue weighted by Crippen LogP contribution is 2.47. The molecule has 13 aromatic rings. The Morgan fingerprint density at radius 1 is 0.317 bits per heavy atom. The van der Waals surface area contributed by atoms with Crippen LogP contribution in [-0.2, 0) is 0 Å². The summed E-state index contributed by atoms with van der Waals surface area (Å²) in [6, 6.07) is 64.7. The number of hydrogen-bond acceptors (Lipinski definition) is 4. The minimum Gasteiger partial charge on any atom is -0.455 e. The van der Waals surface area contributed by atoms with Crippen molar-refractivity contribution in [2.45, 2.75) is 0 Å². The summed E-state index contributed by atoms with van der Waals surface area (Å²) in [5.41, 5.74) is 11.3. The first-order valence-corrected chi connectivity index (χ1v) is 20.3. The van der Waals surface area contributed by atoms with Crippen LogP contribution in [0.3, 0.4) is 0 Å². The number of benzene rings is 9. The van der Waals surface area contributed by atoms with Gasteiger partial charge in [-0.05, 0) is 121 Å². The first-order chi connectivity index (χ1) is 29.7. The fourth-order valence-electron chi connectivity index (χ4n) is 9.57. The average molecular weight is 765 g/mol. The molecule has 0 saturated carbocycles. The SMILES string of the molecule is c1cc(-c2ccncc2)nc(-c2cc(-c3cc4ccccc4c4c3oc3ccc5ccccc5c34)cc(-c3cc4ccccc4c4c3oc3ccc5ccccc5c34)c2)c1. The van der Waals surface area contributed by atoms with Gasteiger partial charge in [0.1, 0.15) is 22.3 Å². The zero-order valence-electron chi connectivity index (χ0n) is 32.2. The van der Waals surface area contributed by atoms with E-state index in [2.05, 4.69) is 175 Å². The Hall–Kier alpha value is -8.08. The predicted molar refractivity (Wildman–Crippen MR) is 248 cm³/mol. The lowest BCUT2D eigenvalue weighted by atomic mass is 9.90. The molecule has 0 aliphatic heterocycles. The summed E-state index contributed by atoms with van der Waals surface area (Å²) in [5.74, 6) is 0. The molecule has 4 nitrogen and oxygen atoms in total. The molecule has 60 heavy (non-hydrogen) atoms. The average Bonchev–Trinajstić information content (AvgIpc) is 3.92. The Labute approximate surface area is 343 Å². The number of fused-ring (bicyclic) bond motifs is 14. The van der Waals surface area contributed by atoms with Gasteiger partial charge in [0.05, 0.1) is 11.4 Å². The maximum atomic E-state index is 6.99. The molecule has 0 aliphatic carbocycles. The van der Waals surface area contributed by atoms with Crippen molar-refractivity contribution in [2.24, 2.45) is 0 Å². The molecule has 0 atom stereocenters. The van der Waals surface area contributed by atoms with E-state index in [4.69, 9.17) is 13.8 Å². The maximum absolute atomic E-state index is 6.99. The van der Waals surface area contributed by atoms with Gasteiger partial charge in [0.25, 0.3) is 0 Å². The van der Waals surface area contributed by atoms with Crippen molar-refractivity contribution in [3.63, 3.8) is 0 Å². The van der Waals surface area contributed by atoms with Gasteiger partial charge in [-0.3, -0.25) is 4.98 Å². The Morgan fingerprint density at radius 3 is 1.27 bits per heavy atom. The molecule has 0 amide bonds. The van der Waals surface area contributed by atoms with Crippen LogP contribution in [0.4, 0.5) is 0 Å². The van der Waals surface area contributed by atoms with Gasteiger partial charge in [-0.1, -0.05) is 115 Å². The van der Waals surface area contributed by atoms with Gasteiger partial charge >= 0.3 is 0 Å². The van der Waals surface area contributed by atoms with Gasteiger partial charge in [0.2, 0.25) is 0 Å². The molecule has 278 valence electrons. The molecular formula is C56H32N2O2. The molecule has 0 N–H and O–H groups in total. The molecular weight excluding hydrogens is 733 g/mol. The van der Waals surface area contributed by atoms with E-state index in [9.17, 15) is 0 Å². The molecule has 4 aromatic heterocycles. The summed E-state index contributed by atoms with van der Waals surface area (Å²) < 4.78 is 14.0. The lowest BCUT2D eigenvalue weighted by molar-refractivity contribution is 0.670. The van der Waals surface area contributed by atoms with Crippen LogP contribution < -0.4 is 0 Å². The van der Waals surface area contributed by atoms with Crippen molar-refractivity contribution in [3.8, 4) is 44.8 Å². The lowest BCUT2D eigenvalue weighted by Gasteiger charge is -2.14. The fourth-order valence-corrected chi connectivity index (χ4v) is 9.57. The molecule has 0 saturated heterocycles. The highest BCUT2D eigenvalue weighted by Gasteiger charge is 2.22. The number of nitrogens with zero attached hydrogens (tertiary/aromatic N) is 2. The van der Waals surface area contributed by atoms with Gasteiger partial charge in [0.15, 0.2) is 0 Å². The minimum absolute atomic E-state index is 0.862. The van der Waals surface area contributed by atoms with Crippen molar-refractivity contribution in [1.82, 2.24) is 9.97 Å². The van der Waals surface area contributed by atoms with Crippen LogP contribution in [-0.4, -0.2) is 9.97 Å². The summed E-state index contributed by atoms with van der Waals surface area (Å²) in [5, 5.41) is 13.9. The minimum atomic E-state index is 0.862. The van der Waals surface area contributed by atoms with E-state index in [1.807, 2.05) is 24.5 Å². The van der Waals surface area contributed by atoms with E-state index >= 15 is 0 Å². The highest BCUT2D eigenvalue weighted by atomic mass is 16.3. The summed E-state index contributed by atoms with van der Waals surface area (Å²) >= 11 is 0. The monoisotopic (exact) mass is 764 g/mol. The molecule has 0 spiro atoms. The van der Waals surface area contributed by atoms with Gasteiger partial charge in [-0.25, -0.2) is 4.98 Å². The number of rotatable bonds is 4. The fraction of sp³-hybridized carbons (Fsp3) is 0. The zero-order chi connectivity index (χ0) is 39.3. The Kier molecular flexibility index (Phi) is 6.98. The van der Waals surface area contributed by atoms with Gasteiger partial charge in [-0.15, -0.1) is 0 Å². The molecule has 13 rings (SSSR count). The number of pyridine rings is 2.